The summed E-state index contributed by atoms with van der Waals surface area (Å²) in [5.74, 6) is 0.798. The van der Waals surface area contributed by atoms with Crippen molar-refractivity contribution in [2.24, 2.45) is 5.11 Å². The summed E-state index contributed by atoms with van der Waals surface area (Å²) in [4.78, 5) is 24.5. The lowest BCUT2D eigenvalue weighted by molar-refractivity contribution is 0.104. The van der Waals surface area contributed by atoms with Crippen molar-refractivity contribution in [2.45, 2.75) is 31.3 Å². The molecule has 0 amide bonds. The van der Waals surface area contributed by atoms with E-state index in [1.54, 1.807) is 24.3 Å². The van der Waals surface area contributed by atoms with E-state index in [0.29, 0.717) is 24.2 Å². The maximum atomic E-state index is 12.4. The summed E-state index contributed by atoms with van der Waals surface area (Å²) in [5.41, 5.74) is 9.70. The first-order valence-corrected chi connectivity index (χ1v) is 10.2. The molecular formula is C22H24N6O2. The molecule has 2 aliphatic heterocycles. The largest absolute Gasteiger partial charge is 0.507 e. The number of piperazine rings is 1. The number of carbonyl (C=O) groups excluding carboxylic acids is 1. The quantitative estimate of drug-likeness (QED) is 0.180. The minimum absolute atomic E-state index is 0.00616. The molecule has 0 aliphatic carbocycles. The molecule has 1 N–H and O–H groups in total. The third-order valence-corrected chi connectivity index (χ3v) is 5.71. The van der Waals surface area contributed by atoms with Crippen molar-refractivity contribution in [1.29, 1.82) is 0 Å². The maximum absolute atomic E-state index is 12.4. The van der Waals surface area contributed by atoms with Gasteiger partial charge in [0.25, 0.3) is 0 Å². The van der Waals surface area contributed by atoms with Crippen LogP contribution in [-0.4, -0.2) is 52.5 Å². The number of ketones is 1. The maximum Gasteiger partial charge on any atom is 0.190 e. The molecule has 3 heterocycles. The normalized spacial score (nSPS) is 20.0. The van der Waals surface area contributed by atoms with Gasteiger partial charge in [-0.25, -0.2) is 4.98 Å². The van der Waals surface area contributed by atoms with Crippen LogP contribution in [0.5, 0.6) is 5.75 Å². The van der Waals surface area contributed by atoms with Gasteiger partial charge in [0.15, 0.2) is 5.78 Å². The number of aryl methyl sites for hydroxylation is 1. The summed E-state index contributed by atoms with van der Waals surface area (Å²) in [6.45, 7) is 2.20. The fraction of sp³-hybridized carbons (Fsp3) is 0.364. The number of rotatable bonds is 8. The van der Waals surface area contributed by atoms with Crippen LogP contribution in [0, 0.1) is 0 Å². The highest BCUT2D eigenvalue weighted by Crippen LogP contribution is 2.34. The summed E-state index contributed by atoms with van der Waals surface area (Å²) in [6, 6.07) is 13.4. The molecule has 1 aromatic carbocycles. The lowest BCUT2D eigenvalue weighted by atomic mass is 10.1. The Kier molecular flexibility index (Phi) is 5.86. The number of carbonyl (C=O) groups is 1. The number of phenols is 1. The molecule has 30 heavy (non-hydrogen) atoms. The van der Waals surface area contributed by atoms with Crippen LogP contribution >= 0.6 is 0 Å². The van der Waals surface area contributed by atoms with Gasteiger partial charge in [-0.3, -0.25) is 4.79 Å². The van der Waals surface area contributed by atoms with E-state index in [2.05, 4.69) is 19.8 Å². The van der Waals surface area contributed by atoms with Crippen LogP contribution in [0.25, 0.3) is 10.4 Å². The van der Waals surface area contributed by atoms with Gasteiger partial charge < -0.3 is 14.9 Å². The Hall–Kier alpha value is -3.51. The topological polar surface area (TPSA) is 105 Å². The van der Waals surface area contributed by atoms with E-state index in [9.17, 15) is 9.90 Å². The first-order chi connectivity index (χ1) is 14.7. The minimum atomic E-state index is -0.192. The third-order valence-electron chi connectivity index (χ3n) is 5.71. The number of hydrogen-bond donors (Lipinski definition) is 1. The number of pyridine rings is 1. The molecular weight excluding hydrogens is 380 g/mol. The molecule has 154 valence electrons. The molecule has 8 heteroatoms. The number of hydrogen-bond acceptors (Lipinski definition) is 6. The van der Waals surface area contributed by atoms with Gasteiger partial charge in [-0.15, -0.1) is 0 Å². The van der Waals surface area contributed by atoms with Crippen LogP contribution in [0.2, 0.25) is 0 Å². The number of para-hydroxylation sites is 1. The molecule has 2 aromatic rings. The van der Waals surface area contributed by atoms with E-state index in [1.165, 1.54) is 6.07 Å². The average Bonchev–Trinajstić information content (AvgIpc) is 3.36. The number of likely N-dealkylation sites (tertiary alicyclic amines) is 1. The SMILES string of the molecule is [N-]=[N+]=NCCCc1cccc(N2C[C@H]3C[C@@H]2CN3/C=C/C(=O)c2ccccc2O)n1. The van der Waals surface area contributed by atoms with Crippen LogP contribution in [0.1, 0.15) is 28.9 Å². The standard InChI is InChI=1S/C22H24N6O2/c23-26-24-11-4-6-16-5-3-9-22(25-16)28-15-17-13-18(28)14-27(17)12-10-21(30)19-7-1-2-8-20(19)29/h1-3,5,7-10,12,17-18,29H,4,6,11,13-15H2/b12-10+/t17-,18-/m1/s1. The van der Waals surface area contributed by atoms with Crippen LogP contribution in [-0.2, 0) is 6.42 Å². The fourth-order valence-electron chi connectivity index (χ4n) is 4.24. The molecule has 0 spiro atoms. The van der Waals surface area contributed by atoms with Crippen LogP contribution in [0.4, 0.5) is 5.82 Å². The van der Waals surface area contributed by atoms with Crippen molar-refractivity contribution in [3.63, 3.8) is 0 Å². The Morgan fingerprint density at radius 1 is 1.23 bits per heavy atom. The van der Waals surface area contributed by atoms with E-state index in [-0.39, 0.29) is 11.5 Å². The summed E-state index contributed by atoms with van der Waals surface area (Å²) in [6.07, 6.45) is 6.02. The van der Waals surface area contributed by atoms with E-state index in [4.69, 9.17) is 10.5 Å². The van der Waals surface area contributed by atoms with Crippen molar-refractivity contribution in [1.82, 2.24) is 9.88 Å². The first kappa shape index (κ1) is 19.8. The fourth-order valence-corrected chi connectivity index (χ4v) is 4.24. The molecule has 2 atom stereocenters. The van der Waals surface area contributed by atoms with Gasteiger partial charge in [0.2, 0.25) is 0 Å². The second kappa shape index (κ2) is 8.88. The zero-order chi connectivity index (χ0) is 20.9. The average molecular weight is 404 g/mol. The Balaban J connectivity index is 1.36. The Morgan fingerprint density at radius 2 is 2.10 bits per heavy atom. The molecule has 8 nitrogen and oxygen atoms in total. The van der Waals surface area contributed by atoms with Crippen molar-refractivity contribution in [3.8, 4) is 5.75 Å². The molecule has 0 radical (unpaired) electrons. The summed E-state index contributed by atoms with van der Waals surface area (Å²) in [7, 11) is 0. The number of aromatic nitrogens is 1. The second-order valence-corrected chi connectivity index (χ2v) is 7.63. The van der Waals surface area contributed by atoms with Gasteiger partial charge in [-0.1, -0.05) is 23.3 Å². The van der Waals surface area contributed by atoms with Crippen molar-refractivity contribution in [2.75, 3.05) is 24.5 Å². The smallest absolute Gasteiger partial charge is 0.190 e. The Labute approximate surface area is 175 Å². The monoisotopic (exact) mass is 404 g/mol. The molecule has 2 fully saturated rings. The van der Waals surface area contributed by atoms with Gasteiger partial charge >= 0.3 is 0 Å². The minimum Gasteiger partial charge on any atom is -0.507 e. The van der Waals surface area contributed by atoms with E-state index < -0.39 is 0 Å². The Morgan fingerprint density at radius 3 is 2.87 bits per heavy atom. The molecule has 0 saturated carbocycles. The predicted octanol–water partition coefficient (Wildman–Crippen LogP) is 3.69. The van der Waals surface area contributed by atoms with Gasteiger partial charge in [0, 0.05) is 54.6 Å². The number of benzene rings is 1. The van der Waals surface area contributed by atoms with E-state index in [1.807, 2.05) is 24.4 Å². The number of nitrogens with zero attached hydrogens (tertiary/aromatic N) is 6. The summed E-state index contributed by atoms with van der Waals surface area (Å²) < 4.78 is 0. The number of phenolic OH excluding ortho intramolecular Hbond substituents is 1. The van der Waals surface area contributed by atoms with Crippen molar-refractivity contribution >= 4 is 11.6 Å². The summed E-state index contributed by atoms with van der Waals surface area (Å²) in [5, 5.41) is 13.4. The van der Waals surface area contributed by atoms with Crippen LogP contribution in [0.3, 0.4) is 0 Å². The van der Waals surface area contributed by atoms with Crippen LogP contribution < -0.4 is 4.90 Å². The van der Waals surface area contributed by atoms with Gasteiger partial charge in [-0.05, 0) is 49.1 Å². The number of allylic oxidation sites excluding steroid dienone is 1. The second-order valence-electron chi connectivity index (χ2n) is 7.63. The number of azide groups is 1. The molecule has 4 rings (SSSR count). The third kappa shape index (κ3) is 4.23. The highest BCUT2D eigenvalue weighted by molar-refractivity contribution is 6.06. The lowest BCUT2D eigenvalue weighted by Gasteiger charge is -2.34. The van der Waals surface area contributed by atoms with E-state index in [0.717, 1.165) is 43.9 Å². The lowest BCUT2D eigenvalue weighted by Crippen LogP contribution is -2.44. The Bertz CT molecular complexity index is 1000. The molecule has 2 bridgehead atoms. The van der Waals surface area contributed by atoms with Gasteiger partial charge in [0.05, 0.1) is 5.56 Å². The zero-order valence-corrected chi connectivity index (χ0v) is 16.6. The molecule has 2 saturated heterocycles. The van der Waals surface area contributed by atoms with Crippen LogP contribution in [0.15, 0.2) is 59.9 Å². The highest BCUT2D eigenvalue weighted by Gasteiger charge is 2.42. The summed E-state index contributed by atoms with van der Waals surface area (Å²) >= 11 is 0. The van der Waals surface area contributed by atoms with Gasteiger partial charge in [0.1, 0.15) is 11.6 Å². The number of fused-ring (bicyclic) bond motifs is 2. The predicted molar refractivity (Wildman–Crippen MR) is 114 cm³/mol. The highest BCUT2D eigenvalue weighted by atomic mass is 16.3. The van der Waals surface area contributed by atoms with E-state index >= 15 is 0 Å². The number of anilines is 1. The van der Waals surface area contributed by atoms with Gasteiger partial charge in [-0.2, -0.15) is 0 Å². The first-order valence-electron chi connectivity index (χ1n) is 10.2. The zero-order valence-electron chi connectivity index (χ0n) is 16.6. The van der Waals surface area contributed by atoms with Crippen molar-refractivity contribution in [3.05, 3.63) is 76.4 Å². The van der Waals surface area contributed by atoms with Crippen molar-refractivity contribution < 1.29 is 9.90 Å². The molecule has 2 aliphatic rings. The number of aromatic hydroxyl groups is 1. The molecule has 0 unspecified atom stereocenters. The molecule has 1 aromatic heterocycles.